The number of anilines is 2. The van der Waals surface area contributed by atoms with E-state index >= 15 is 0 Å². The van der Waals surface area contributed by atoms with Gasteiger partial charge >= 0.3 is 0 Å². The third-order valence-electron chi connectivity index (χ3n) is 4.33. The molecule has 178 valence electrons. The van der Waals surface area contributed by atoms with Gasteiger partial charge in [0.1, 0.15) is 11.6 Å². The molecule has 0 fully saturated rings. The van der Waals surface area contributed by atoms with Crippen molar-refractivity contribution in [3.05, 3.63) is 90.8 Å². The van der Waals surface area contributed by atoms with E-state index in [4.69, 9.17) is 62.7 Å². The summed E-state index contributed by atoms with van der Waals surface area (Å²) in [4.78, 5) is 24.7. The van der Waals surface area contributed by atoms with Crippen molar-refractivity contribution < 1.29 is 14.3 Å². The van der Waals surface area contributed by atoms with Crippen molar-refractivity contribution >= 4 is 87.3 Å². The molecule has 6 nitrogen and oxygen atoms in total. The van der Waals surface area contributed by atoms with Crippen molar-refractivity contribution in [2.24, 2.45) is 0 Å². The minimum Gasteiger partial charge on any atom is -0.481 e. The average molecular weight is 570 g/mol. The lowest BCUT2D eigenvalue weighted by Gasteiger charge is -2.12. The van der Waals surface area contributed by atoms with Gasteiger partial charge in [0.25, 0.3) is 11.8 Å². The molecule has 3 aromatic carbocycles. The molecule has 0 heterocycles. The number of benzene rings is 3. The van der Waals surface area contributed by atoms with E-state index in [0.717, 1.165) is 0 Å². The Kier molecular flexibility index (Phi) is 9.27. The lowest BCUT2D eigenvalue weighted by atomic mass is 10.1. The standard InChI is InChI=1S/C24H14Cl5N3O3/c25-15-2-1-3-16(9-15)32-24(34)14(11-30)6-13-7-20(28)23(21(29)8-13)35-12-22(33)31-17-4-5-18(26)19(27)10-17/h1-10H,12H2,(H,31,33)(H,32,34)/b14-6-. The molecule has 3 aromatic rings. The maximum atomic E-state index is 12.5. The summed E-state index contributed by atoms with van der Waals surface area (Å²) < 4.78 is 5.47. The Balaban J connectivity index is 1.69. The fourth-order valence-electron chi connectivity index (χ4n) is 2.79. The molecule has 0 aromatic heterocycles. The summed E-state index contributed by atoms with van der Waals surface area (Å²) in [6.45, 7) is -0.389. The van der Waals surface area contributed by atoms with Gasteiger partial charge in [0.2, 0.25) is 0 Å². The van der Waals surface area contributed by atoms with Crippen LogP contribution in [0.25, 0.3) is 6.08 Å². The Morgan fingerprint density at radius 1 is 0.857 bits per heavy atom. The van der Waals surface area contributed by atoms with Crippen LogP contribution in [-0.2, 0) is 9.59 Å². The molecule has 0 aliphatic heterocycles. The summed E-state index contributed by atoms with van der Waals surface area (Å²) in [5, 5.41) is 15.9. The van der Waals surface area contributed by atoms with Crippen molar-refractivity contribution in [3.8, 4) is 11.8 Å². The Bertz CT molecular complexity index is 1350. The molecule has 11 heteroatoms. The van der Waals surface area contributed by atoms with E-state index in [0.29, 0.717) is 27.0 Å². The van der Waals surface area contributed by atoms with Crippen LogP contribution < -0.4 is 15.4 Å². The van der Waals surface area contributed by atoms with Crippen molar-refractivity contribution in [1.29, 1.82) is 5.26 Å². The van der Waals surface area contributed by atoms with Gasteiger partial charge in [0.05, 0.1) is 20.1 Å². The van der Waals surface area contributed by atoms with E-state index in [1.54, 1.807) is 36.4 Å². The number of hydrogen-bond acceptors (Lipinski definition) is 4. The molecule has 3 rings (SSSR count). The number of carbonyl (C=O) groups is 2. The number of amides is 2. The number of carbonyl (C=O) groups excluding carboxylic acids is 2. The molecule has 0 saturated heterocycles. The number of hydrogen-bond donors (Lipinski definition) is 2. The van der Waals surface area contributed by atoms with E-state index in [1.165, 1.54) is 24.3 Å². The summed E-state index contributed by atoms with van der Waals surface area (Å²) in [7, 11) is 0. The number of nitrogens with one attached hydrogen (secondary N) is 2. The first-order valence-electron chi connectivity index (χ1n) is 9.71. The second-order valence-corrected chi connectivity index (χ2v) is 8.98. The Hall–Kier alpha value is -2.92. The van der Waals surface area contributed by atoms with Crippen LogP contribution in [0, 0.1) is 11.3 Å². The van der Waals surface area contributed by atoms with Gasteiger partial charge in [-0.25, -0.2) is 0 Å². The van der Waals surface area contributed by atoms with Gasteiger partial charge in [0.15, 0.2) is 12.4 Å². The van der Waals surface area contributed by atoms with Crippen LogP contribution in [0.4, 0.5) is 11.4 Å². The van der Waals surface area contributed by atoms with Crippen molar-refractivity contribution in [1.82, 2.24) is 0 Å². The normalized spacial score (nSPS) is 10.9. The number of ether oxygens (including phenoxy) is 1. The number of nitrogens with zero attached hydrogens (tertiary/aromatic N) is 1. The third kappa shape index (κ3) is 7.53. The van der Waals surface area contributed by atoms with Crippen LogP contribution >= 0.6 is 58.0 Å². The predicted octanol–water partition coefficient (Wildman–Crippen LogP) is 7.52. The Morgan fingerprint density at radius 3 is 2.17 bits per heavy atom. The first-order valence-corrected chi connectivity index (χ1v) is 11.6. The summed E-state index contributed by atoms with van der Waals surface area (Å²) in [5.41, 5.74) is 1.06. The van der Waals surface area contributed by atoms with Gasteiger partial charge in [-0.05, 0) is 60.2 Å². The SMILES string of the molecule is N#C/C(=C/c1cc(Cl)c(OCC(=O)Nc2ccc(Cl)c(Cl)c2)c(Cl)c1)C(=O)Nc1cccc(Cl)c1. The first-order chi connectivity index (χ1) is 16.7. The molecular formula is C24H14Cl5N3O3. The lowest BCUT2D eigenvalue weighted by molar-refractivity contribution is -0.118. The largest absolute Gasteiger partial charge is 0.481 e. The fraction of sp³-hybridized carbons (Fsp3) is 0.0417. The second kappa shape index (κ2) is 12.2. The minimum absolute atomic E-state index is 0.0664. The van der Waals surface area contributed by atoms with E-state index in [9.17, 15) is 14.9 Å². The molecule has 0 spiro atoms. The zero-order chi connectivity index (χ0) is 25.5. The van der Waals surface area contributed by atoms with Crippen LogP contribution in [0.5, 0.6) is 5.75 Å². The smallest absolute Gasteiger partial charge is 0.266 e. The molecule has 0 unspecified atom stereocenters. The van der Waals surface area contributed by atoms with Crippen LogP contribution in [0.2, 0.25) is 25.1 Å². The number of halogens is 5. The fourth-order valence-corrected chi connectivity index (χ4v) is 3.89. The van der Waals surface area contributed by atoms with Gasteiger partial charge in [-0.2, -0.15) is 5.26 Å². The quantitative estimate of drug-likeness (QED) is 0.227. The molecule has 0 radical (unpaired) electrons. The molecule has 2 amide bonds. The molecular weight excluding hydrogens is 556 g/mol. The number of nitriles is 1. The van der Waals surface area contributed by atoms with Gasteiger partial charge < -0.3 is 15.4 Å². The molecule has 0 aliphatic carbocycles. The molecule has 2 N–H and O–H groups in total. The highest BCUT2D eigenvalue weighted by Gasteiger charge is 2.15. The van der Waals surface area contributed by atoms with E-state index < -0.39 is 11.8 Å². The summed E-state index contributed by atoms with van der Waals surface area (Å²) >= 11 is 30.2. The van der Waals surface area contributed by atoms with Gasteiger partial charge in [-0.3, -0.25) is 9.59 Å². The average Bonchev–Trinajstić information content (AvgIpc) is 2.79. The van der Waals surface area contributed by atoms with Gasteiger partial charge in [0, 0.05) is 16.4 Å². The molecule has 0 atom stereocenters. The maximum Gasteiger partial charge on any atom is 0.266 e. The number of rotatable bonds is 7. The lowest BCUT2D eigenvalue weighted by Crippen LogP contribution is -2.20. The molecule has 0 saturated carbocycles. The third-order valence-corrected chi connectivity index (χ3v) is 5.87. The second-order valence-electron chi connectivity index (χ2n) is 6.91. The van der Waals surface area contributed by atoms with Crippen LogP contribution in [-0.4, -0.2) is 18.4 Å². The monoisotopic (exact) mass is 567 g/mol. The first kappa shape index (κ1) is 26.7. The maximum absolute atomic E-state index is 12.5. The minimum atomic E-state index is -0.638. The van der Waals surface area contributed by atoms with Crippen molar-refractivity contribution in [3.63, 3.8) is 0 Å². The van der Waals surface area contributed by atoms with Crippen molar-refractivity contribution in [2.75, 3.05) is 17.2 Å². The van der Waals surface area contributed by atoms with Crippen molar-refractivity contribution in [2.45, 2.75) is 0 Å². The highest BCUT2D eigenvalue weighted by Crippen LogP contribution is 2.35. The zero-order valence-electron chi connectivity index (χ0n) is 17.5. The highest BCUT2D eigenvalue weighted by atomic mass is 35.5. The Labute approximate surface area is 225 Å². The Morgan fingerprint density at radius 2 is 1.54 bits per heavy atom. The van der Waals surface area contributed by atoms with Crippen LogP contribution in [0.15, 0.2) is 60.2 Å². The summed E-state index contributed by atoms with van der Waals surface area (Å²) in [5.74, 6) is -1.05. The zero-order valence-corrected chi connectivity index (χ0v) is 21.3. The van der Waals surface area contributed by atoms with Crippen LogP contribution in [0.3, 0.4) is 0 Å². The predicted molar refractivity (Wildman–Crippen MR) is 141 cm³/mol. The van der Waals surface area contributed by atoms with E-state index in [2.05, 4.69) is 10.6 Å². The summed E-state index contributed by atoms with van der Waals surface area (Å²) in [6.07, 6.45) is 1.32. The van der Waals surface area contributed by atoms with Gasteiger partial charge in [-0.15, -0.1) is 0 Å². The summed E-state index contributed by atoms with van der Waals surface area (Å²) in [6, 6.07) is 15.9. The molecule has 0 aliphatic rings. The van der Waals surface area contributed by atoms with Gasteiger partial charge in [-0.1, -0.05) is 64.1 Å². The van der Waals surface area contributed by atoms with E-state index in [-0.39, 0.29) is 33.0 Å². The van der Waals surface area contributed by atoms with Crippen LogP contribution in [0.1, 0.15) is 5.56 Å². The topological polar surface area (TPSA) is 91.2 Å². The molecule has 35 heavy (non-hydrogen) atoms. The highest BCUT2D eigenvalue weighted by molar-refractivity contribution is 6.42. The van der Waals surface area contributed by atoms with E-state index in [1.807, 2.05) is 6.07 Å². The molecule has 0 bridgehead atoms.